The molecule has 0 N–H and O–H groups in total. The van der Waals surface area contributed by atoms with E-state index in [9.17, 15) is 0 Å². The Bertz CT molecular complexity index is 556. The van der Waals surface area contributed by atoms with Gasteiger partial charge in [0.25, 0.3) is 0 Å². The Balaban J connectivity index is 2.56. The molecule has 0 saturated heterocycles. The third-order valence-electron chi connectivity index (χ3n) is 2.01. The molecule has 0 aliphatic carbocycles. The molecular weight excluding hydrogens is 204 g/mol. The molecule has 0 amide bonds. The molecule has 3 heteroatoms. The molecule has 2 rings (SSSR count). The Labute approximate surface area is 91.6 Å². The summed E-state index contributed by atoms with van der Waals surface area (Å²) in [5.74, 6) is 0. The highest BCUT2D eigenvalue weighted by molar-refractivity contribution is 7.13. The van der Waals surface area contributed by atoms with Crippen molar-refractivity contribution >= 4 is 11.3 Å². The van der Waals surface area contributed by atoms with Gasteiger partial charge in [0.1, 0.15) is 12.1 Å². The molecule has 0 aliphatic heterocycles. The molecule has 1 aromatic heterocycles. The van der Waals surface area contributed by atoms with Gasteiger partial charge in [0, 0.05) is 4.88 Å². The van der Waals surface area contributed by atoms with Crippen LogP contribution in [0.1, 0.15) is 11.1 Å². The van der Waals surface area contributed by atoms with Gasteiger partial charge in [-0.15, -0.1) is 11.3 Å². The van der Waals surface area contributed by atoms with Gasteiger partial charge < -0.3 is 0 Å². The van der Waals surface area contributed by atoms with E-state index in [0.29, 0.717) is 11.1 Å². The van der Waals surface area contributed by atoms with Crippen LogP contribution in [0, 0.1) is 28.7 Å². The summed E-state index contributed by atoms with van der Waals surface area (Å²) >= 11 is 1.56. The predicted octanol–water partition coefficient (Wildman–Crippen LogP) is 2.96. The minimum atomic E-state index is 0.418. The highest BCUT2D eigenvalue weighted by atomic mass is 32.1. The molecule has 2 aromatic rings. The number of rotatable bonds is 1. The Morgan fingerprint density at radius 2 is 1.93 bits per heavy atom. The number of hydrogen-bond donors (Lipinski definition) is 0. The van der Waals surface area contributed by atoms with Crippen LogP contribution in [0.3, 0.4) is 0 Å². The van der Waals surface area contributed by atoms with Crippen LogP contribution in [0.4, 0.5) is 0 Å². The van der Waals surface area contributed by atoms with Gasteiger partial charge in [-0.1, -0.05) is 6.07 Å². The SMILES string of the molecule is N#Cc1ccc(-c2c[c]cs2)cc1C#N. The largest absolute Gasteiger partial charge is 0.192 e. The lowest BCUT2D eigenvalue weighted by Gasteiger charge is -1.99. The second kappa shape index (κ2) is 3.96. The van der Waals surface area contributed by atoms with E-state index in [1.54, 1.807) is 23.5 Å². The average Bonchev–Trinajstić information content (AvgIpc) is 2.81. The lowest BCUT2D eigenvalue weighted by atomic mass is 10.0. The van der Waals surface area contributed by atoms with E-state index < -0.39 is 0 Å². The second-order valence-electron chi connectivity index (χ2n) is 2.89. The highest BCUT2D eigenvalue weighted by Crippen LogP contribution is 2.25. The first-order valence-electron chi connectivity index (χ1n) is 4.24. The molecule has 0 atom stereocenters. The van der Waals surface area contributed by atoms with E-state index in [4.69, 9.17) is 10.5 Å². The van der Waals surface area contributed by atoms with Gasteiger partial charge in [0.15, 0.2) is 0 Å². The van der Waals surface area contributed by atoms with Crippen molar-refractivity contribution in [1.29, 1.82) is 10.5 Å². The van der Waals surface area contributed by atoms with E-state index in [-0.39, 0.29) is 0 Å². The standard InChI is InChI=1S/C12H5N2S/c13-7-10-4-3-9(6-11(10)8-14)12-2-1-5-15-12/h2-6H. The summed E-state index contributed by atoms with van der Waals surface area (Å²) in [6.45, 7) is 0. The Kier molecular flexibility index (Phi) is 2.49. The predicted molar refractivity (Wildman–Crippen MR) is 58.0 cm³/mol. The molecule has 15 heavy (non-hydrogen) atoms. The summed E-state index contributed by atoms with van der Waals surface area (Å²) in [7, 11) is 0. The zero-order valence-corrected chi connectivity index (χ0v) is 8.51. The topological polar surface area (TPSA) is 47.6 Å². The summed E-state index contributed by atoms with van der Waals surface area (Å²) in [5, 5.41) is 19.5. The van der Waals surface area contributed by atoms with Crippen LogP contribution >= 0.6 is 11.3 Å². The van der Waals surface area contributed by atoms with E-state index in [0.717, 1.165) is 10.4 Å². The van der Waals surface area contributed by atoms with Gasteiger partial charge in [0.2, 0.25) is 0 Å². The summed E-state index contributed by atoms with van der Waals surface area (Å²) in [5.41, 5.74) is 1.79. The van der Waals surface area contributed by atoms with Crippen molar-refractivity contribution in [1.82, 2.24) is 0 Å². The van der Waals surface area contributed by atoms with Gasteiger partial charge in [-0.05, 0) is 35.2 Å². The van der Waals surface area contributed by atoms with Crippen molar-refractivity contribution in [3.8, 4) is 22.6 Å². The molecule has 0 fully saturated rings. The summed E-state index contributed by atoms with van der Waals surface area (Å²) in [4.78, 5) is 1.05. The van der Waals surface area contributed by atoms with E-state index in [1.807, 2.05) is 29.7 Å². The quantitative estimate of drug-likeness (QED) is 0.724. The summed E-state index contributed by atoms with van der Waals surface area (Å²) < 4.78 is 0. The van der Waals surface area contributed by atoms with Crippen molar-refractivity contribution in [3.05, 3.63) is 46.8 Å². The average molecular weight is 209 g/mol. The van der Waals surface area contributed by atoms with Crippen LogP contribution in [0.25, 0.3) is 10.4 Å². The lowest BCUT2D eigenvalue weighted by molar-refractivity contribution is 1.43. The van der Waals surface area contributed by atoms with Gasteiger partial charge in [-0.25, -0.2) is 0 Å². The van der Waals surface area contributed by atoms with Crippen LogP contribution in [0.5, 0.6) is 0 Å². The van der Waals surface area contributed by atoms with Crippen molar-refractivity contribution < 1.29 is 0 Å². The zero-order chi connectivity index (χ0) is 10.7. The number of benzene rings is 1. The lowest BCUT2D eigenvalue weighted by Crippen LogP contribution is -1.84. The van der Waals surface area contributed by atoms with Crippen LogP contribution in [-0.4, -0.2) is 0 Å². The molecule has 2 nitrogen and oxygen atoms in total. The van der Waals surface area contributed by atoms with E-state index in [2.05, 4.69) is 6.07 Å². The first-order valence-corrected chi connectivity index (χ1v) is 5.12. The molecule has 0 unspecified atom stereocenters. The first kappa shape index (κ1) is 9.45. The number of hydrogen-bond acceptors (Lipinski definition) is 3. The molecular formula is C12H5N2S. The second-order valence-corrected chi connectivity index (χ2v) is 3.81. The van der Waals surface area contributed by atoms with Crippen molar-refractivity contribution in [2.45, 2.75) is 0 Å². The van der Waals surface area contributed by atoms with Crippen LogP contribution < -0.4 is 0 Å². The fourth-order valence-corrected chi connectivity index (χ4v) is 1.94. The normalized spacial score (nSPS) is 9.20. The molecule has 0 bridgehead atoms. The van der Waals surface area contributed by atoms with Crippen LogP contribution in [0.15, 0.2) is 29.6 Å². The van der Waals surface area contributed by atoms with E-state index in [1.165, 1.54) is 0 Å². The fourth-order valence-electron chi connectivity index (χ4n) is 1.28. The van der Waals surface area contributed by atoms with Gasteiger partial charge in [-0.3, -0.25) is 0 Å². The minimum Gasteiger partial charge on any atom is -0.192 e. The summed E-state index contributed by atoms with van der Waals surface area (Å²) in [6, 6.07) is 14.1. The third kappa shape index (κ3) is 1.74. The zero-order valence-electron chi connectivity index (χ0n) is 7.69. The minimum absolute atomic E-state index is 0.418. The Hall–Kier alpha value is -2.10. The smallest absolute Gasteiger partial charge is 0.101 e. The number of nitrogens with zero attached hydrogens (tertiary/aromatic N) is 2. The van der Waals surface area contributed by atoms with Gasteiger partial charge in [-0.2, -0.15) is 10.5 Å². The van der Waals surface area contributed by atoms with Crippen molar-refractivity contribution in [3.63, 3.8) is 0 Å². The van der Waals surface area contributed by atoms with Crippen molar-refractivity contribution in [2.75, 3.05) is 0 Å². The molecule has 1 aromatic carbocycles. The maximum absolute atomic E-state index is 8.87. The maximum atomic E-state index is 8.87. The van der Waals surface area contributed by atoms with Crippen LogP contribution in [0.2, 0.25) is 0 Å². The molecule has 0 saturated carbocycles. The third-order valence-corrected chi connectivity index (χ3v) is 2.87. The maximum Gasteiger partial charge on any atom is 0.101 e. The van der Waals surface area contributed by atoms with E-state index >= 15 is 0 Å². The summed E-state index contributed by atoms with van der Waals surface area (Å²) in [6.07, 6.45) is 0. The van der Waals surface area contributed by atoms with Gasteiger partial charge >= 0.3 is 0 Å². The number of nitriles is 2. The Morgan fingerprint density at radius 1 is 1.13 bits per heavy atom. The van der Waals surface area contributed by atoms with Crippen molar-refractivity contribution in [2.24, 2.45) is 0 Å². The molecule has 1 radical (unpaired) electrons. The molecule has 0 aliphatic rings. The van der Waals surface area contributed by atoms with Crippen LogP contribution in [-0.2, 0) is 0 Å². The van der Waals surface area contributed by atoms with Gasteiger partial charge in [0.05, 0.1) is 11.1 Å². The monoisotopic (exact) mass is 209 g/mol. The highest BCUT2D eigenvalue weighted by Gasteiger charge is 2.04. The first-order chi connectivity index (χ1) is 7.35. The molecule has 1 heterocycles. The number of thiophene rings is 1. The Morgan fingerprint density at radius 3 is 2.53 bits per heavy atom. The fraction of sp³-hybridized carbons (Fsp3) is 0. The molecule has 0 spiro atoms. The molecule has 69 valence electrons.